The minimum atomic E-state index is 0.0909. The second-order valence-corrected chi connectivity index (χ2v) is 6.11. The minimum absolute atomic E-state index is 0.0909. The first-order valence-corrected chi connectivity index (χ1v) is 8.62. The minimum Gasteiger partial charge on any atom is -0.507 e. The van der Waals surface area contributed by atoms with Gasteiger partial charge in [0.25, 0.3) is 0 Å². The first-order valence-electron chi connectivity index (χ1n) is 8.62. The number of hydrogen-bond acceptors (Lipinski definition) is 4. The van der Waals surface area contributed by atoms with Crippen LogP contribution in [-0.2, 0) is 0 Å². The van der Waals surface area contributed by atoms with Crippen LogP contribution in [0.2, 0.25) is 0 Å². The van der Waals surface area contributed by atoms with Crippen LogP contribution in [0.4, 0.5) is 11.4 Å². The van der Waals surface area contributed by atoms with Crippen molar-refractivity contribution in [2.45, 2.75) is 0 Å². The SMILES string of the molecule is Oc1cc(/C=N/N(c2ccccc2)c2ccccc2)c(O)c2ccccc12. The average molecular weight is 354 g/mol. The fourth-order valence-electron chi connectivity index (χ4n) is 3.00. The number of para-hydroxylation sites is 2. The number of aromatic hydroxyl groups is 2. The first kappa shape index (κ1) is 16.7. The Morgan fingerprint density at radius 1 is 0.667 bits per heavy atom. The van der Waals surface area contributed by atoms with Gasteiger partial charge < -0.3 is 10.2 Å². The smallest absolute Gasteiger partial charge is 0.132 e. The summed E-state index contributed by atoms with van der Waals surface area (Å²) in [5.41, 5.74) is 2.23. The molecule has 4 rings (SSSR count). The van der Waals surface area contributed by atoms with Crippen molar-refractivity contribution in [3.05, 3.63) is 96.6 Å². The Hall–Kier alpha value is -3.79. The second kappa shape index (κ2) is 7.22. The summed E-state index contributed by atoms with van der Waals surface area (Å²) >= 11 is 0. The summed E-state index contributed by atoms with van der Waals surface area (Å²) in [6.07, 6.45) is 1.56. The highest BCUT2D eigenvalue weighted by molar-refractivity contribution is 6.00. The zero-order valence-electron chi connectivity index (χ0n) is 14.5. The lowest BCUT2D eigenvalue weighted by molar-refractivity contribution is 0.469. The molecule has 0 unspecified atom stereocenters. The van der Waals surface area contributed by atoms with E-state index in [0.29, 0.717) is 16.3 Å². The first-order chi connectivity index (χ1) is 13.2. The molecule has 2 N–H and O–H groups in total. The fourth-order valence-corrected chi connectivity index (χ4v) is 3.00. The van der Waals surface area contributed by atoms with Crippen LogP contribution in [0.1, 0.15) is 5.56 Å². The lowest BCUT2D eigenvalue weighted by atomic mass is 10.0. The average Bonchev–Trinajstić information content (AvgIpc) is 2.73. The molecule has 0 aliphatic heterocycles. The number of phenolic OH excluding ortho intramolecular Hbond substituents is 2. The van der Waals surface area contributed by atoms with E-state index in [4.69, 9.17) is 0 Å². The molecular weight excluding hydrogens is 336 g/mol. The number of hydrogen-bond donors (Lipinski definition) is 2. The van der Waals surface area contributed by atoms with Crippen LogP contribution in [0.5, 0.6) is 11.5 Å². The Balaban J connectivity index is 1.79. The summed E-state index contributed by atoms with van der Waals surface area (Å²) in [6, 6.07) is 28.2. The van der Waals surface area contributed by atoms with Gasteiger partial charge in [0, 0.05) is 16.3 Å². The Kier molecular flexibility index (Phi) is 4.45. The molecule has 0 radical (unpaired) electrons. The van der Waals surface area contributed by atoms with Gasteiger partial charge in [-0.15, -0.1) is 0 Å². The topological polar surface area (TPSA) is 56.1 Å². The monoisotopic (exact) mass is 354 g/mol. The fraction of sp³-hybridized carbons (Fsp3) is 0. The van der Waals surface area contributed by atoms with Crippen molar-refractivity contribution in [3.8, 4) is 11.5 Å². The van der Waals surface area contributed by atoms with Gasteiger partial charge in [-0.25, -0.2) is 5.01 Å². The summed E-state index contributed by atoms with van der Waals surface area (Å²) < 4.78 is 0. The van der Waals surface area contributed by atoms with E-state index in [2.05, 4.69) is 5.10 Å². The van der Waals surface area contributed by atoms with Crippen LogP contribution in [0.25, 0.3) is 10.8 Å². The summed E-state index contributed by atoms with van der Waals surface area (Å²) in [5.74, 6) is 0.198. The molecule has 0 atom stereocenters. The lowest BCUT2D eigenvalue weighted by Crippen LogP contribution is -2.09. The Morgan fingerprint density at radius 2 is 1.19 bits per heavy atom. The number of rotatable bonds is 4. The molecule has 0 fully saturated rings. The van der Waals surface area contributed by atoms with Gasteiger partial charge in [-0.05, 0) is 30.3 Å². The van der Waals surface area contributed by atoms with E-state index in [0.717, 1.165) is 11.4 Å². The number of fused-ring (bicyclic) bond motifs is 1. The normalized spacial score (nSPS) is 11.1. The predicted octanol–water partition coefficient (Wildman–Crippen LogP) is 5.42. The van der Waals surface area contributed by atoms with Crippen molar-refractivity contribution in [3.63, 3.8) is 0 Å². The number of phenols is 2. The Morgan fingerprint density at radius 3 is 1.78 bits per heavy atom. The summed E-state index contributed by atoms with van der Waals surface area (Å²) in [6.45, 7) is 0. The summed E-state index contributed by atoms with van der Waals surface area (Å²) in [4.78, 5) is 0. The van der Waals surface area contributed by atoms with Gasteiger partial charge in [0.15, 0.2) is 0 Å². The van der Waals surface area contributed by atoms with E-state index in [1.165, 1.54) is 6.07 Å². The third kappa shape index (κ3) is 3.33. The van der Waals surface area contributed by atoms with Crippen LogP contribution in [0, 0.1) is 0 Å². The molecule has 4 heteroatoms. The molecule has 4 aromatic rings. The van der Waals surface area contributed by atoms with Gasteiger partial charge >= 0.3 is 0 Å². The van der Waals surface area contributed by atoms with E-state index in [1.54, 1.807) is 23.4 Å². The zero-order chi connectivity index (χ0) is 18.6. The number of benzene rings is 4. The van der Waals surface area contributed by atoms with Crippen molar-refractivity contribution in [1.82, 2.24) is 0 Å². The van der Waals surface area contributed by atoms with Crippen molar-refractivity contribution in [2.75, 3.05) is 5.01 Å². The standard InChI is InChI=1S/C23H18N2O2/c26-22-15-17(23(27)21-14-8-7-13-20(21)22)16-24-25(18-9-3-1-4-10-18)19-11-5-2-6-12-19/h1-16,26-27H/b24-16+. The molecule has 4 aromatic carbocycles. The molecule has 0 spiro atoms. The quantitative estimate of drug-likeness (QED) is 0.292. The zero-order valence-corrected chi connectivity index (χ0v) is 14.5. The van der Waals surface area contributed by atoms with Crippen molar-refractivity contribution in [2.24, 2.45) is 5.10 Å². The molecule has 0 saturated carbocycles. The highest BCUT2D eigenvalue weighted by Crippen LogP contribution is 2.34. The molecule has 132 valence electrons. The van der Waals surface area contributed by atoms with E-state index in [1.807, 2.05) is 72.8 Å². The van der Waals surface area contributed by atoms with Crippen LogP contribution in [-0.4, -0.2) is 16.4 Å². The number of anilines is 2. The van der Waals surface area contributed by atoms with Gasteiger partial charge in [-0.2, -0.15) is 5.10 Å². The third-order valence-electron chi connectivity index (χ3n) is 4.34. The summed E-state index contributed by atoms with van der Waals surface area (Å²) in [5, 5.41) is 28.5. The van der Waals surface area contributed by atoms with Gasteiger partial charge in [0.2, 0.25) is 0 Å². The Labute approximate surface area is 157 Å². The molecule has 27 heavy (non-hydrogen) atoms. The van der Waals surface area contributed by atoms with Crippen LogP contribution >= 0.6 is 0 Å². The Bertz CT molecular complexity index is 1050. The lowest BCUT2D eigenvalue weighted by Gasteiger charge is -2.19. The van der Waals surface area contributed by atoms with Crippen molar-refractivity contribution in [1.29, 1.82) is 0 Å². The molecule has 0 aliphatic rings. The van der Waals surface area contributed by atoms with Gasteiger partial charge in [-0.3, -0.25) is 0 Å². The molecule has 0 saturated heterocycles. The predicted molar refractivity (Wildman–Crippen MR) is 110 cm³/mol. The maximum absolute atomic E-state index is 10.6. The van der Waals surface area contributed by atoms with E-state index < -0.39 is 0 Å². The highest BCUT2D eigenvalue weighted by atomic mass is 16.3. The second-order valence-electron chi connectivity index (χ2n) is 6.11. The maximum Gasteiger partial charge on any atom is 0.132 e. The summed E-state index contributed by atoms with van der Waals surface area (Å²) in [7, 11) is 0. The van der Waals surface area contributed by atoms with Crippen molar-refractivity contribution < 1.29 is 10.2 Å². The highest BCUT2D eigenvalue weighted by Gasteiger charge is 2.11. The largest absolute Gasteiger partial charge is 0.507 e. The molecule has 4 nitrogen and oxygen atoms in total. The van der Waals surface area contributed by atoms with Crippen molar-refractivity contribution >= 4 is 28.4 Å². The molecule has 0 heterocycles. The van der Waals surface area contributed by atoms with E-state index in [-0.39, 0.29) is 11.5 Å². The molecular formula is C23H18N2O2. The molecule has 0 aliphatic carbocycles. The van der Waals surface area contributed by atoms with Gasteiger partial charge in [0.05, 0.1) is 17.6 Å². The van der Waals surface area contributed by atoms with Crippen LogP contribution < -0.4 is 5.01 Å². The van der Waals surface area contributed by atoms with Gasteiger partial charge in [-0.1, -0.05) is 60.7 Å². The van der Waals surface area contributed by atoms with Crippen LogP contribution in [0.15, 0.2) is 96.1 Å². The van der Waals surface area contributed by atoms with E-state index >= 15 is 0 Å². The molecule has 0 aromatic heterocycles. The van der Waals surface area contributed by atoms with Crippen LogP contribution in [0.3, 0.4) is 0 Å². The van der Waals surface area contributed by atoms with Gasteiger partial charge in [0.1, 0.15) is 11.5 Å². The molecule has 0 bridgehead atoms. The molecule has 0 amide bonds. The number of nitrogens with zero attached hydrogens (tertiary/aromatic N) is 2. The third-order valence-corrected chi connectivity index (χ3v) is 4.34. The maximum atomic E-state index is 10.6. The number of hydrazone groups is 1. The van der Waals surface area contributed by atoms with E-state index in [9.17, 15) is 10.2 Å².